The first-order valence-electron chi connectivity index (χ1n) is 5.56. The van der Waals surface area contributed by atoms with Crippen LogP contribution in [0.2, 0.25) is 0 Å². The van der Waals surface area contributed by atoms with Crippen molar-refractivity contribution in [2.45, 2.75) is 10.8 Å². The quantitative estimate of drug-likeness (QED) is 0.411. The molecule has 0 unspecified atom stereocenters. The Hall–Kier alpha value is -2.01. The van der Waals surface area contributed by atoms with Gasteiger partial charge in [-0.25, -0.2) is 4.98 Å². The summed E-state index contributed by atoms with van der Waals surface area (Å²) in [5, 5.41) is 12.2. The van der Waals surface area contributed by atoms with Gasteiger partial charge < -0.3 is 9.61 Å². The molecule has 3 aromatic heterocycles. The molecule has 3 rings (SSSR count). The standard InChI is InChI=1S/C13H11N3OS/c17-16-8-4-2-6-13(16)18-10-11-9-15-7-3-1-5-12(15)14-11/h1-9H,10H2. The maximum absolute atomic E-state index is 11.5. The Kier molecular flexibility index (Phi) is 2.90. The Labute approximate surface area is 108 Å². The van der Waals surface area contributed by atoms with Crippen LogP contribution in [-0.2, 0) is 5.75 Å². The zero-order valence-corrected chi connectivity index (χ0v) is 10.4. The molecule has 0 radical (unpaired) electrons. The zero-order chi connectivity index (χ0) is 12.4. The summed E-state index contributed by atoms with van der Waals surface area (Å²) < 4.78 is 2.85. The molecule has 5 heteroatoms. The molecule has 0 aliphatic heterocycles. The van der Waals surface area contributed by atoms with E-state index in [0.29, 0.717) is 10.8 Å². The van der Waals surface area contributed by atoms with E-state index in [1.165, 1.54) is 18.0 Å². The first-order valence-corrected chi connectivity index (χ1v) is 6.55. The molecule has 0 spiro atoms. The number of imidazole rings is 1. The van der Waals surface area contributed by atoms with Gasteiger partial charge in [0.25, 0.3) is 5.03 Å². The van der Waals surface area contributed by atoms with Crippen LogP contribution in [0.3, 0.4) is 0 Å². The van der Waals surface area contributed by atoms with E-state index in [4.69, 9.17) is 0 Å². The lowest BCUT2D eigenvalue weighted by atomic mass is 10.5. The van der Waals surface area contributed by atoms with Crippen molar-refractivity contribution in [3.8, 4) is 0 Å². The molecule has 0 amide bonds. The van der Waals surface area contributed by atoms with Gasteiger partial charge in [0.05, 0.1) is 5.69 Å². The minimum Gasteiger partial charge on any atom is -0.618 e. The van der Waals surface area contributed by atoms with Gasteiger partial charge in [0.2, 0.25) is 0 Å². The van der Waals surface area contributed by atoms with Gasteiger partial charge in [-0.05, 0) is 30.0 Å². The van der Waals surface area contributed by atoms with Crippen LogP contribution >= 0.6 is 11.8 Å². The molecule has 3 aromatic rings. The van der Waals surface area contributed by atoms with E-state index in [0.717, 1.165) is 16.1 Å². The van der Waals surface area contributed by atoms with Crippen LogP contribution in [0.5, 0.6) is 0 Å². The largest absolute Gasteiger partial charge is 0.618 e. The highest BCUT2D eigenvalue weighted by Gasteiger charge is 2.07. The second kappa shape index (κ2) is 4.70. The van der Waals surface area contributed by atoms with Crippen LogP contribution in [-0.4, -0.2) is 9.38 Å². The Bertz CT molecular complexity index is 648. The molecule has 0 aliphatic rings. The minimum absolute atomic E-state index is 0.688. The van der Waals surface area contributed by atoms with Crippen molar-refractivity contribution in [3.05, 3.63) is 65.9 Å². The monoisotopic (exact) mass is 257 g/mol. The molecule has 4 nitrogen and oxygen atoms in total. The van der Waals surface area contributed by atoms with Gasteiger partial charge >= 0.3 is 0 Å². The SMILES string of the molecule is [O-][n+]1ccccc1SCc1cn2ccccc2n1. The molecule has 0 aromatic carbocycles. The van der Waals surface area contributed by atoms with Gasteiger partial charge in [0.1, 0.15) is 5.65 Å². The number of nitrogens with zero attached hydrogens (tertiary/aromatic N) is 3. The highest BCUT2D eigenvalue weighted by Crippen LogP contribution is 2.18. The van der Waals surface area contributed by atoms with Crippen LogP contribution in [0, 0.1) is 5.21 Å². The lowest BCUT2D eigenvalue weighted by molar-refractivity contribution is -0.645. The van der Waals surface area contributed by atoms with E-state index < -0.39 is 0 Å². The van der Waals surface area contributed by atoms with Crippen molar-refractivity contribution in [1.82, 2.24) is 9.38 Å². The maximum Gasteiger partial charge on any atom is 0.251 e. The van der Waals surface area contributed by atoms with Crippen LogP contribution in [0.25, 0.3) is 5.65 Å². The summed E-state index contributed by atoms with van der Waals surface area (Å²) in [6.45, 7) is 0. The smallest absolute Gasteiger partial charge is 0.251 e. The molecule has 3 heterocycles. The molecular weight excluding hydrogens is 246 g/mol. The normalized spacial score (nSPS) is 10.9. The predicted molar refractivity (Wildman–Crippen MR) is 70.2 cm³/mol. The summed E-state index contributed by atoms with van der Waals surface area (Å²) in [6.07, 6.45) is 5.46. The number of rotatable bonds is 3. The summed E-state index contributed by atoms with van der Waals surface area (Å²) >= 11 is 1.49. The molecule has 0 atom stereocenters. The fourth-order valence-electron chi connectivity index (χ4n) is 1.73. The number of hydrogen-bond donors (Lipinski definition) is 0. The van der Waals surface area contributed by atoms with Crippen LogP contribution in [0.1, 0.15) is 5.69 Å². The first-order chi connectivity index (χ1) is 8.83. The van der Waals surface area contributed by atoms with Crippen molar-refractivity contribution < 1.29 is 4.73 Å². The zero-order valence-electron chi connectivity index (χ0n) is 9.56. The molecule has 0 fully saturated rings. The Morgan fingerprint density at radius 3 is 2.94 bits per heavy atom. The predicted octanol–water partition coefficient (Wildman–Crippen LogP) is 2.26. The lowest BCUT2D eigenvalue weighted by Gasteiger charge is -2.01. The Morgan fingerprint density at radius 1 is 1.22 bits per heavy atom. The van der Waals surface area contributed by atoms with Gasteiger partial charge in [0.15, 0.2) is 6.20 Å². The van der Waals surface area contributed by atoms with E-state index in [9.17, 15) is 5.21 Å². The third kappa shape index (κ3) is 2.17. The highest BCUT2D eigenvalue weighted by atomic mass is 32.2. The first kappa shape index (κ1) is 11.1. The molecule has 0 bridgehead atoms. The molecule has 0 N–H and O–H groups in total. The van der Waals surface area contributed by atoms with Gasteiger partial charge in [-0.3, -0.25) is 0 Å². The summed E-state index contributed by atoms with van der Waals surface area (Å²) in [6, 6.07) is 11.3. The van der Waals surface area contributed by atoms with E-state index in [1.54, 1.807) is 6.07 Å². The highest BCUT2D eigenvalue weighted by molar-refractivity contribution is 7.98. The third-order valence-corrected chi connectivity index (χ3v) is 3.62. The van der Waals surface area contributed by atoms with Crippen molar-refractivity contribution >= 4 is 17.4 Å². The molecule has 0 saturated carbocycles. The van der Waals surface area contributed by atoms with Crippen molar-refractivity contribution in [1.29, 1.82) is 0 Å². The van der Waals surface area contributed by atoms with Gasteiger partial charge in [-0.2, -0.15) is 4.73 Å². The number of pyridine rings is 2. The molecule has 90 valence electrons. The number of aromatic nitrogens is 3. The minimum atomic E-state index is 0.688. The topological polar surface area (TPSA) is 44.2 Å². The Morgan fingerprint density at radius 2 is 2.11 bits per heavy atom. The van der Waals surface area contributed by atoms with E-state index in [2.05, 4.69) is 4.98 Å². The molecule has 0 aliphatic carbocycles. The number of fused-ring (bicyclic) bond motifs is 1. The summed E-state index contributed by atoms with van der Waals surface area (Å²) in [7, 11) is 0. The van der Waals surface area contributed by atoms with E-state index >= 15 is 0 Å². The lowest BCUT2D eigenvalue weighted by Crippen LogP contribution is -2.27. The van der Waals surface area contributed by atoms with Crippen molar-refractivity contribution in [2.24, 2.45) is 0 Å². The maximum atomic E-state index is 11.5. The second-order valence-corrected chi connectivity index (χ2v) is 4.85. The van der Waals surface area contributed by atoms with Crippen LogP contribution < -0.4 is 4.73 Å². The van der Waals surface area contributed by atoms with E-state index in [1.807, 2.05) is 47.1 Å². The molecule has 0 saturated heterocycles. The number of thioether (sulfide) groups is 1. The van der Waals surface area contributed by atoms with E-state index in [-0.39, 0.29) is 0 Å². The van der Waals surface area contributed by atoms with Gasteiger partial charge in [-0.15, -0.1) is 0 Å². The fourth-order valence-corrected chi connectivity index (χ4v) is 2.53. The summed E-state index contributed by atoms with van der Waals surface area (Å²) in [5.41, 5.74) is 1.89. The van der Waals surface area contributed by atoms with Gasteiger partial charge in [-0.1, -0.05) is 6.07 Å². The summed E-state index contributed by atoms with van der Waals surface area (Å²) in [5.74, 6) is 0.688. The van der Waals surface area contributed by atoms with Crippen molar-refractivity contribution in [2.75, 3.05) is 0 Å². The average molecular weight is 257 g/mol. The van der Waals surface area contributed by atoms with Crippen LogP contribution in [0.15, 0.2) is 60.0 Å². The fraction of sp³-hybridized carbons (Fsp3) is 0.0769. The second-order valence-electron chi connectivity index (χ2n) is 3.85. The number of hydrogen-bond acceptors (Lipinski definition) is 3. The van der Waals surface area contributed by atoms with Crippen LogP contribution in [0.4, 0.5) is 0 Å². The molecule has 18 heavy (non-hydrogen) atoms. The van der Waals surface area contributed by atoms with Crippen molar-refractivity contribution in [3.63, 3.8) is 0 Å². The molecular formula is C13H11N3OS. The Balaban J connectivity index is 1.79. The third-order valence-electron chi connectivity index (χ3n) is 2.57. The average Bonchev–Trinajstić information content (AvgIpc) is 2.80. The summed E-state index contributed by atoms with van der Waals surface area (Å²) in [4.78, 5) is 4.49. The van der Waals surface area contributed by atoms with Gasteiger partial charge in [0, 0.05) is 30.3 Å².